The second kappa shape index (κ2) is 6.01. The molecule has 3 nitrogen and oxygen atoms in total. The Morgan fingerprint density at radius 3 is 2.56 bits per heavy atom. The molecule has 2 rings (SSSR count). The zero-order valence-corrected chi connectivity index (χ0v) is 11.0. The molecule has 0 bridgehead atoms. The fourth-order valence-corrected chi connectivity index (χ4v) is 2.53. The van der Waals surface area contributed by atoms with Gasteiger partial charge in [0.2, 0.25) is 5.91 Å². The molecule has 1 fully saturated rings. The topological polar surface area (TPSA) is 41.1 Å². The van der Waals surface area contributed by atoms with Gasteiger partial charge in [0.05, 0.1) is 5.54 Å². The highest BCUT2D eigenvalue weighted by Crippen LogP contribution is 2.41. The Labute approximate surface area is 109 Å². The van der Waals surface area contributed by atoms with Gasteiger partial charge in [0.15, 0.2) is 0 Å². The molecule has 1 aliphatic rings. The molecule has 2 N–H and O–H groups in total. The number of benzene rings is 1. The van der Waals surface area contributed by atoms with Gasteiger partial charge >= 0.3 is 0 Å². The highest BCUT2D eigenvalue weighted by Gasteiger charge is 2.39. The van der Waals surface area contributed by atoms with E-state index >= 15 is 0 Å². The summed E-state index contributed by atoms with van der Waals surface area (Å²) in [5.74, 6) is 0.175. The quantitative estimate of drug-likeness (QED) is 0.755. The van der Waals surface area contributed by atoms with Crippen LogP contribution in [0.15, 0.2) is 30.3 Å². The van der Waals surface area contributed by atoms with Crippen molar-refractivity contribution in [3.05, 3.63) is 35.9 Å². The lowest BCUT2D eigenvalue weighted by Crippen LogP contribution is -2.50. The predicted molar refractivity (Wildman–Crippen MR) is 73.3 cm³/mol. The molecular weight excluding hydrogens is 224 g/mol. The van der Waals surface area contributed by atoms with Crippen LogP contribution in [0.5, 0.6) is 0 Å². The van der Waals surface area contributed by atoms with Crippen molar-refractivity contribution in [2.75, 3.05) is 13.6 Å². The van der Waals surface area contributed by atoms with Crippen LogP contribution in [0, 0.1) is 0 Å². The fraction of sp³-hybridized carbons (Fsp3) is 0.533. The van der Waals surface area contributed by atoms with Crippen LogP contribution in [0.3, 0.4) is 0 Å². The summed E-state index contributed by atoms with van der Waals surface area (Å²) < 4.78 is 0. The van der Waals surface area contributed by atoms with Gasteiger partial charge < -0.3 is 10.6 Å². The minimum absolute atomic E-state index is 0.0853. The van der Waals surface area contributed by atoms with Crippen LogP contribution in [0.2, 0.25) is 0 Å². The lowest BCUT2D eigenvalue weighted by Gasteiger charge is -2.43. The van der Waals surface area contributed by atoms with Crippen LogP contribution in [0.4, 0.5) is 0 Å². The van der Waals surface area contributed by atoms with Gasteiger partial charge in [-0.3, -0.25) is 4.79 Å². The first-order chi connectivity index (χ1) is 8.77. The molecule has 1 aromatic rings. The summed E-state index contributed by atoms with van der Waals surface area (Å²) >= 11 is 0. The van der Waals surface area contributed by atoms with Crippen LogP contribution in [-0.2, 0) is 10.3 Å². The van der Waals surface area contributed by atoms with Crippen molar-refractivity contribution in [2.45, 2.75) is 37.6 Å². The highest BCUT2D eigenvalue weighted by atomic mass is 16.1. The lowest BCUT2D eigenvalue weighted by molar-refractivity contribution is -0.124. The third kappa shape index (κ3) is 2.91. The van der Waals surface area contributed by atoms with E-state index in [1.807, 2.05) is 25.2 Å². The van der Waals surface area contributed by atoms with Gasteiger partial charge in [0.25, 0.3) is 0 Å². The van der Waals surface area contributed by atoms with Gasteiger partial charge in [-0.15, -0.1) is 0 Å². The monoisotopic (exact) mass is 246 g/mol. The van der Waals surface area contributed by atoms with Crippen molar-refractivity contribution in [1.82, 2.24) is 10.6 Å². The average molecular weight is 246 g/mol. The summed E-state index contributed by atoms with van der Waals surface area (Å²) in [6, 6.07) is 10.3. The second-order valence-electron chi connectivity index (χ2n) is 5.06. The maximum atomic E-state index is 12.0. The third-order valence-corrected chi connectivity index (χ3v) is 3.74. The van der Waals surface area contributed by atoms with Gasteiger partial charge in [0, 0.05) is 6.42 Å². The maximum absolute atomic E-state index is 12.0. The molecule has 0 saturated heterocycles. The molecule has 18 heavy (non-hydrogen) atoms. The van der Waals surface area contributed by atoms with Crippen LogP contribution in [-0.4, -0.2) is 19.5 Å². The van der Waals surface area contributed by atoms with Gasteiger partial charge in [-0.2, -0.15) is 0 Å². The predicted octanol–water partition coefficient (Wildman–Crippen LogP) is 2.18. The summed E-state index contributed by atoms with van der Waals surface area (Å²) in [4.78, 5) is 12.0. The summed E-state index contributed by atoms with van der Waals surface area (Å²) in [5.41, 5.74) is 1.16. The average Bonchev–Trinajstić information content (AvgIpc) is 2.35. The largest absolute Gasteiger partial charge is 0.347 e. The molecule has 0 aromatic heterocycles. The van der Waals surface area contributed by atoms with Crippen LogP contribution in [0.1, 0.15) is 37.7 Å². The van der Waals surface area contributed by atoms with Crippen molar-refractivity contribution in [2.24, 2.45) is 0 Å². The van der Waals surface area contributed by atoms with E-state index in [1.54, 1.807) is 0 Å². The minimum atomic E-state index is -0.0853. The number of carbonyl (C=O) groups is 1. The van der Waals surface area contributed by atoms with Crippen molar-refractivity contribution in [3.63, 3.8) is 0 Å². The standard InChI is InChI=1S/C15H22N2O/c1-16-12-5-9-14(18)17-15(10-6-11-15)13-7-3-2-4-8-13/h2-4,7-8,16H,5-6,9-12H2,1H3,(H,17,18). The van der Waals surface area contributed by atoms with Crippen molar-refractivity contribution < 1.29 is 4.79 Å². The second-order valence-corrected chi connectivity index (χ2v) is 5.06. The van der Waals surface area contributed by atoms with Gasteiger partial charge in [-0.05, 0) is 44.8 Å². The van der Waals surface area contributed by atoms with Crippen LogP contribution >= 0.6 is 0 Å². The Morgan fingerprint density at radius 1 is 1.28 bits per heavy atom. The molecular formula is C15H22N2O. The SMILES string of the molecule is CNCCCC(=O)NC1(c2ccccc2)CCC1. The van der Waals surface area contributed by atoms with Gasteiger partial charge in [-0.1, -0.05) is 30.3 Å². The molecule has 0 spiro atoms. The van der Waals surface area contributed by atoms with Gasteiger partial charge in [0.1, 0.15) is 0 Å². The molecule has 1 amide bonds. The van der Waals surface area contributed by atoms with E-state index in [0.29, 0.717) is 6.42 Å². The van der Waals surface area contributed by atoms with E-state index < -0.39 is 0 Å². The molecule has 98 valence electrons. The molecule has 1 saturated carbocycles. The minimum Gasteiger partial charge on any atom is -0.347 e. The summed E-state index contributed by atoms with van der Waals surface area (Å²) in [5, 5.41) is 6.30. The van der Waals surface area contributed by atoms with E-state index in [0.717, 1.165) is 25.8 Å². The fourth-order valence-electron chi connectivity index (χ4n) is 2.53. The first-order valence-electron chi connectivity index (χ1n) is 6.78. The molecule has 0 aliphatic heterocycles. The number of rotatable bonds is 6. The third-order valence-electron chi connectivity index (χ3n) is 3.74. The smallest absolute Gasteiger partial charge is 0.220 e. The lowest BCUT2D eigenvalue weighted by atomic mass is 9.71. The number of hydrogen-bond donors (Lipinski definition) is 2. The Morgan fingerprint density at radius 2 is 2.00 bits per heavy atom. The van der Waals surface area contributed by atoms with E-state index in [-0.39, 0.29) is 11.4 Å². The maximum Gasteiger partial charge on any atom is 0.220 e. The summed E-state index contributed by atoms with van der Waals surface area (Å²) in [6.07, 6.45) is 4.83. The Bertz CT molecular complexity index is 385. The van der Waals surface area contributed by atoms with E-state index in [9.17, 15) is 4.79 Å². The van der Waals surface area contributed by atoms with E-state index in [1.165, 1.54) is 12.0 Å². The van der Waals surface area contributed by atoms with Crippen molar-refractivity contribution in [1.29, 1.82) is 0 Å². The molecule has 0 unspecified atom stereocenters. The summed E-state index contributed by atoms with van der Waals surface area (Å²) in [6.45, 7) is 0.895. The van der Waals surface area contributed by atoms with Gasteiger partial charge in [-0.25, -0.2) is 0 Å². The number of hydrogen-bond acceptors (Lipinski definition) is 2. The zero-order chi connectivity index (χ0) is 12.8. The van der Waals surface area contributed by atoms with E-state index in [4.69, 9.17) is 0 Å². The molecule has 3 heteroatoms. The molecule has 0 heterocycles. The molecule has 1 aliphatic carbocycles. The highest BCUT2D eigenvalue weighted by molar-refractivity contribution is 5.77. The van der Waals surface area contributed by atoms with Crippen LogP contribution in [0.25, 0.3) is 0 Å². The Balaban J connectivity index is 1.95. The molecule has 0 radical (unpaired) electrons. The van der Waals surface area contributed by atoms with Crippen molar-refractivity contribution in [3.8, 4) is 0 Å². The first kappa shape index (κ1) is 13.1. The Kier molecular flexibility index (Phi) is 4.37. The first-order valence-corrected chi connectivity index (χ1v) is 6.78. The zero-order valence-electron chi connectivity index (χ0n) is 11.0. The summed E-state index contributed by atoms with van der Waals surface area (Å²) in [7, 11) is 1.91. The van der Waals surface area contributed by atoms with Crippen molar-refractivity contribution >= 4 is 5.91 Å². The number of amides is 1. The Hall–Kier alpha value is -1.35. The van der Waals surface area contributed by atoms with E-state index in [2.05, 4.69) is 22.8 Å². The molecule has 0 atom stereocenters. The van der Waals surface area contributed by atoms with Crippen LogP contribution < -0.4 is 10.6 Å². The number of carbonyl (C=O) groups excluding carboxylic acids is 1. The number of nitrogens with one attached hydrogen (secondary N) is 2. The molecule has 1 aromatic carbocycles. The normalized spacial score (nSPS) is 16.9.